The number of nitrogen functional groups attached to an aromatic ring is 1. The summed E-state index contributed by atoms with van der Waals surface area (Å²) in [6, 6.07) is 23.9. The Balaban J connectivity index is 1.33. The maximum Gasteiger partial charge on any atom is 0.335 e. The van der Waals surface area contributed by atoms with Gasteiger partial charge in [-0.1, -0.05) is 42.5 Å². The lowest BCUT2D eigenvalue weighted by Gasteiger charge is -2.36. The second-order valence-corrected chi connectivity index (χ2v) is 7.87. The molecular weight excluding hydrogens is 388 g/mol. The molecule has 0 atom stereocenters. The number of benzene rings is 3. The van der Waals surface area contributed by atoms with E-state index in [1.807, 2.05) is 6.07 Å². The Bertz CT molecular complexity index is 1030. The van der Waals surface area contributed by atoms with Crippen molar-refractivity contribution in [2.75, 3.05) is 42.1 Å². The van der Waals surface area contributed by atoms with Crippen molar-refractivity contribution in [3.8, 4) is 0 Å². The third-order valence-corrected chi connectivity index (χ3v) is 5.71. The Morgan fingerprint density at radius 1 is 0.935 bits per heavy atom. The molecule has 0 aromatic heterocycles. The summed E-state index contributed by atoms with van der Waals surface area (Å²) in [4.78, 5) is 16.0. The average Bonchev–Trinajstić information content (AvgIpc) is 2.79. The molecule has 0 unspecified atom stereocenters. The number of aromatic carboxylic acids is 1. The molecule has 0 aliphatic carbocycles. The summed E-state index contributed by atoms with van der Waals surface area (Å²) in [5, 5.41) is 12.5. The Kier molecular flexibility index (Phi) is 6.38. The normalized spacial score (nSPS) is 14.4. The van der Waals surface area contributed by atoms with Crippen LogP contribution in [0.1, 0.15) is 21.5 Å². The monoisotopic (exact) mass is 416 g/mol. The highest BCUT2D eigenvalue weighted by Crippen LogP contribution is 2.23. The van der Waals surface area contributed by atoms with Crippen LogP contribution < -0.4 is 16.0 Å². The minimum absolute atomic E-state index is 0.203. The zero-order valence-electron chi connectivity index (χ0n) is 17.5. The largest absolute Gasteiger partial charge is 0.478 e. The van der Waals surface area contributed by atoms with Crippen LogP contribution >= 0.6 is 0 Å². The summed E-state index contributed by atoms with van der Waals surface area (Å²) in [6.07, 6.45) is 0. The van der Waals surface area contributed by atoms with Crippen LogP contribution in [-0.4, -0.2) is 42.2 Å². The quantitative estimate of drug-likeness (QED) is 0.507. The number of nitrogens with two attached hydrogens (primary N) is 1. The Labute approximate surface area is 182 Å². The van der Waals surface area contributed by atoms with E-state index >= 15 is 0 Å². The molecule has 1 aliphatic heterocycles. The van der Waals surface area contributed by atoms with Gasteiger partial charge in [0.1, 0.15) is 0 Å². The van der Waals surface area contributed by atoms with Crippen molar-refractivity contribution >= 4 is 23.0 Å². The molecule has 160 valence electrons. The van der Waals surface area contributed by atoms with Crippen LogP contribution in [0.2, 0.25) is 0 Å². The fourth-order valence-electron chi connectivity index (χ4n) is 3.90. The number of hydrogen-bond donors (Lipinski definition) is 3. The van der Waals surface area contributed by atoms with Crippen LogP contribution in [0.25, 0.3) is 0 Å². The van der Waals surface area contributed by atoms with E-state index in [4.69, 9.17) is 10.8 Å². The van der Waals surface area contributed by atoms with Gasteiger partial charge in [0, 0.05) is 56.3 Å². The van der Waals surface area contributed by atoms with Crippen molar-refractivity contribution in [3.63, 3.8) is 0 Å². The van der Waals surface area contributed by atoms with Crippen LogP contribution in [-0.2, 0) is 13.1 Å². The number of rotatable bonds is 7. The van der Waals surface area contributed by atoms with E-state index in [0.29, 0.717) is 12.2 Å². The fourth-order valence-corrected chi connectivity index (χ4v) is 3.90. The third kappa shape index (κ3) is 5.35. The molecular formula is C25H28N4O2. The third-order valence-electron chi connectivity index (χ3n) is 5.71. The first-order valence-electron chi connectivity index (χ1n) is 10.6. The van der Waals surface area contributed by atoms with Crippen LogP contribution in [0.3, 0.4) is 0 Å². The van der Waals surface area contributed by atoms with Gasteiger partial charge in [-0.05, 0) is 41.5 Å². The summed E-state index contributed by atoms with van der Waals surface area (Å²) in [5.74, 6) is -0.970. The Morgan fingerprint density at radius 3 is 2.42 bits per heavy atom. The van der Waals surface area contributed by atoms with Gasteiger partial charge in [-0.15, -0.1) is 0 Å². The SMILES string of the molecule is Nc1cc(C(=O)O)ccc1CNc1cccc(N2CCN(Cc3ccccc3)CC2)c1. The van der Waals surface area contributed by atoms with Gasteiger partial charge in [-0.3, -0.25) is 4.90 Å². The van der Waals surface area contributed by atoms with Crippen molar-refractivity contribution in [3.05, 3.63) is 89.5 Å². The second-order valence-electron chi connectivity index (χ2n) is 7.87. The van der Waals surface area contributed by atoms with Crippen molar-refractivity contribution < 1.29 is 9.90 Å². The molecule has 1 fully saturated rings. The smallest absolute Gasteiger partial charge is 0.335 e. The summed E-state index contributed by atoms with van der Waals surface area (Å²) in [6.45, 7) is 5.62. The predicted octanol–water partition coefficient (Wildman–Crippen LogP) is 3.90. The molecule has 3 aromatic rings. The topological polar surface area (TPSA) is 81.8 Å². The first-order valence-corrected chi connectivity index (χ1v) is 10.6. The van der Waals surface area contributed by atoms with Gasteiger partial charge in [0.2, 0.25) is 0 Å². The average molecular weight is 417 g/mol. The Morgan fingerprint density at radius 2 is 1.71 bits per heavy atom. The minimum atomic E-state index is -0.970. The van der Waals surface area contributed by atoms with Gasteiger partial charge in [0.25, 0.3) is 0 Å². The second kappa shape index (κ2) is 9.53. The fraction of sp³-hybridized carbons (Fsp3) is 0.240. The molecule has 0 radical (unpaired) electrons. The van der Waals surface area contributed by atoms with E-state index in [0.717, 1.165) is 44.0 Å². The van der Waals surface area contributed by atoms with E-state index in [1.165, 1.54) is 17.3 Å². The van der Waals surface area contributed by atoms with E-state index < -0.39 is 5.97 Å². The molecule has 4 rings (SSSR count). The van der Waals surface area contributed by atoms with Crippen molar-refractivity contribution in [2.45, 2.75) is 13.1 Å². The zero-order valence-corrected chi connectivity index (χ0v) is 17.5. The molecule has 4 N–H and O–H groups in total. The predicted molar refractivity (Wildman–Crippen MR) is 126 cm³/mol. The van der Waals surface area contributed by atoms with Gasteiger partial charge in [0.15, 0.2) is 0 Å². The van der Waals surface area contributed by atoms with Crippen molar-refractivity contribution in [1.29, 1.82) is 0 Å². The molecule has 6 heteroatoms. The lowest BCUT2D eigenvalue weighted by molar-refractivity contribution is 0.0697. The number of nitrogens with zero attached hydrogens (tertiary/aromatic N) is 2. The molecule has 6 nitrogen and oxygen atoms in total. The molecule has 31 heavy (non-hydrogen) atoms. The van der Waals surface area contributed by atoms with E-state index in [9.17, 15) is 4.79 Å². The summed E-state index contributed by atoms with van der Waals surface area (Å²) in [7, 11) is 0. The lowest BCUT2D eigenvalue weighted by Crippen LogP contribution is -2.45. The molecule has 0 spiro atoms. The van der Waals surface area contributed by atoms with Crippen LogP contribution in [0, 0.1) is 0 Å². The first kappa shape index (κ1) is 20.8. The maximum atomic E-state index is 11.1. The first-order chi connectivity index (χ1) is 15.1. The molecule has 0 bridgehead atoms. The van der Waals surface area contributed by atoms with Crippen molar-refractivity contribution in [1.82, 2.24) is 4.90 Å². The number of anilines is 3. The van der Waals surface area contributed by atoms with Crippen molar-refractivity contribution in [2.24, 2.45) is 0 Å². The number of nitrogens with one attached hydrogen (secondary N) is 1. The van der Waals surface area contributed by atoms with Crippen LogP contribution in [0.5, 0.6) is 0 Å². The van der Waals surface area contributed by atoms with E-state index in [-0.39, 0.29) is 5.56 Å². The standard InChI is InChI=1S/C25H28N4O2/c26-24-15-20(25(30)31)9-10-21(24)17-27-22-7-4-8-23(16-22)29-13-11-28(12-14-29)18-19-5-2-1-3-6-19/h1-10,15-16,27H,11-14,17-18,26H2,(H,30,31). The number of carboxylic acids is 1. The lowest BCUT2D eigenvalue weighted by atomic mass is 10.1. The summed E-state index contributed by atoms with van der Waals surface area (Å²) >= 11 is 0. The number of carboxylic acid groups (broad SMARTS) is 1. The van der Waals surface area contributed by atoms with Crippen LogP contribution in [0.15, 0.2) is 72.8 Å². The van der Waals surface area contributed by atoms with E-state index in [2.05, 4.69) is 63.6 Å². The number of carbonyl (C=O) groups is 1. The van der Waals surface area contributed by atoms with Gasteiger partial charge >= 0.3 is 5.97 Å². The summed E-state index contributed by atoms with van der Waals surface area (Å²) < 4.78 is 0. The number of hydrogen-bond acceptors (Lipinski definition) is 5. The maximum absolute atomic E-state index is 11.1. The molecule has 3 aromatic carbocycles. The molecule has 1 saturated heterocycles. The van der Waals surface area contributed by atoms with Crippen LogP contribution in [0.4, 0.5) is 17.1 Å². The van der Waals surface area contributed by atoms with Gasteiger partial charge in [0.05, 0.1) is 5.56 Å². The highest BCUT2D eigenvalue weighted by molar-refractivity contribution is 5.89. The molecule has 0 saturated carbocycles. The highest BCUT2D eigenvalue weighted by Gasteiger charge is 2.17. The van der Waals surface area contributed by atoms with Gasteiger partial charge in [-0.2, -0.15) is 0 Å². The molecule has 1 heterocycles. The number of piperazine rings is 1. The molecule has 0 amide bonds. The summed E-state index contributed by atoms with van der Waals surface area (Å²) in [5.41, 5.74) is 11.2. The van der Waals surface area contributed by atoms with E-state index in [1.54, 1.807) is 12.1 Å². The van der Waals surface area contributed by atoms with Gasteiger partial charge in [-0.25, -0.2) is 4.79 Å². The minimum Gasteiger partial charge on any atom is -0.478 e. The Hall–Kier alpha value is -3.51. The zero-order chi connectivity index (χ0) is 21.6. The van der Waals surface area contributed by atoms with Gasteiger partial charge < -0.3 is 21.1 Å². The highest BCUT2D eigenvalue weighted by atomic mass is 16.4. The molecule has 1 aliphatic rings.